The number of carbonyl (C=O) groups excluding carboxylic acids is 2. The molecule has 4 N–H and O–H groups in total. The monoisotopic (exact) mass is 318 g/mol. The first kappa shape index (κ1) is 15.8. The van der Waals surface area contributed by atoms with Crippen LogP contribution in [0.5, 0.6) is 0 Å². The number of amides is 2. The lowest BCUT2D eigenvalue weighted by atomic mass is 10.1. The molecule has 0 fully saturated rings. The van der Waals surface area contributed by atoms with E-state index in [9.17, 15) is 14.4 Å². The van der Waals surface area contributed by atoms with E-state index >= 15 is 0 Å². The molecule has 0 aliphatic heterocycles. The van der Waals surface area contributed by atoms with Gasteiger partial charge in [-0.25, -0.2) is 4.98 Å². The van der Waals surface area contributed by atoms with Gasteiger partial charge in [-0.15, -0.1) is 0 Å². The van der Waals surface area contributed by atoms with Gasteiger partial charge in [-0.3, -0.25) is 14.4 Å². The molecule has 0 unspecified atom stereocenters. The molecule has 22 heavy (non-hydrogen) atoms. The Balaban J connectivity index is 2.02. The topological polar surface area (TPSA) is 118 Å². The summed E-state index contributed by atoms with van der Waals surface area (Å²) < 4.78 is 0. The molecular formula is C14H14N4O3S. The number of H-pyrrole nitrogens is 1. The largest absolute Gasteiger partial charge is 0.366 e. The smallest absolute Gasteiger partial charge is 0.251 e. The maximum atomic E-state index is 11.9. The summed E-state index contributed by atoms with van der Waals surface area (Å²) in [7, 11) is 0. The van der Waals surface area contributed by atoms with Crippen molar-refractivity contribution < 1.29 is 9.59 Å². The number of hydrogen-bond acceptors (Lipinski definition) is 5. The number of aromatic amines is 1. The number of aryl methyl sites for hydroxylation is 1. The van der Waals surface area contributed by atoms with E-state index in [2.05, 4.69) is 15.3 Å². The molecule has 2 amide bonds. The number of rotatable bonds is 5. The van der Waals surface area contributed by atoms with Gasteiger partial charge in [0.15, 0.2) is 5.16 Å². The van der Waals surface area contributed by atoms with E-state index in [4.69, 9.17) is 5.73 Å². The van der Waals surface area contributed by atoms with Crippen molar-refractivity contribution in [3.8, 4) is 0 Å². The fraction of sp³-hybridized carbons (Fsp3) is 0.143. The molecule has 0 saturated carbocycles. The average Bonchev–Trinajstić information content (AvgIpc) is 2.44. The van der Waals surface area contributed by atoms with E-state index in [1.54, 1.807) is 25.1 Å². The van der Waals surface area contributed by atoms with Crippen molar-refractivity contribution in [2.24, 2.45) is 5.73 Å². The summed E-state index contributed by atoms with van der Waals surface area (Å²) in [6.07, 6.45) is 0. The number of aromatic nitrogens is 2. The van der Waals surface area contributed by atoms with Gasteiger partial charge in [0.05, 0.1) is 17.0 Å². The third-order valence-corrected chi connectivity index (χ3v) is 3.53. The van der Waals surface area contributed by atoms with Gasteiger partial charge in [-0.05, 0) is 19.1 Å². The SMILES string of the molecule is Cc1cc(=O)[nH]c(SCC(=O)Nc2ccccc2C(N)=O)n1. The predicted octanol–water partition coefficient (Wildman–Crippen LogP) is 0.908. The highest BCUT2D eigenvalue weighted by atomic mass is 32.2. The average molecular weight is 318 g/mol. The van der Waals surface area contributed by atoms with Crippen molar-refractivity contribution in [3.63, 3.8) is 0 Å². The van der Waals surface area contributed by atoms with Gasteiger partial charge < -0.3 is 16.0 Å². The van der Waals surface area contributed by atoms with Crippen LogP contribution in [0, 0.1) is 6.92 Å². The van der Waals surface area contributed by atoms with Gasteiger partial charge in [0, 0.05) is 11.8 Å². The second-order valence-electron chi connectivity index (χ2n) is 4.44. The van der Waals surface area contributed by atoms with Crippen molar-refractivity contribution in [2.45, 2.75) is 12.1 Å². The molecule has 1 heterocycles. The van der Waals surface area contributed by atoms with Gasteiger partial charge in [-0.2, -0.15) is 0 Å². The summed E-state index contributed by atoms with van der Waals surface area (Å²) in [5, 5.41) is 2.98. The van der Waals surface area contributed by atoms with Crippen LogP contribution in [-0.2, 0) is 4.79 Å². The zero-order valence-electron chi connectivity index (χ0n) is 11.8. The lowest BCUT2D eigenvalue weighted by Crippen LogP contribution is -2.19. The van der Waals surface area contributed by atoms with Gasteiger partial charge in [0.1, 0.15) is 0 Å². The van der Waals surface area contributed by atoms with E-state index in [0.717, 1.165) is 11.8 Å². The van der Waals surface area contributed by atoms with E-state index < -0.39 is 5.91 Å². The maximum absolute atomic E-state index is 11.9. The van der Waals surface area contributed by atoms with Gasteiger partial charge in [0.25, 0.3) is 11.5 Å². The van der Waals surface area contributed by atoms with Crippen LogP contribution in [0.25, 0.3) is 0 Å². The Hall–Kier alpha value is -2.61. The van der Waals surface area contributed by atoms with E-state index in [1.807, 2.05) is 0 Å². The third kappa shape index (κ3) is 4.19. The normalized spacial score (nSPS) is 10.2. The number of nitrogens with two attached hydrogens (primary N) is 1. The highest BCUT2D eigenvalue weighted by molar-refractivity contribution is 7.99. The minimum absolute atomic E-state index is 0.0412. The van der Waals surface area contributed by atoms with E-state index in [1.165, 1.54) is 12.1 Å². The zero-order chi connectivity index (χ0) is 16.1. The molecule has 1 aromatic heterocycles. The Morgan fingerprint density at radius 3 is 2.77 bits per heavy atom. The Morgan fingerprint density at radius 1 is 1.36 bits per heavy atom. The Labute approximate surface area is 130 Å². The summed E-state index contributed by atoms with van der Waals surface area (Å²) in [6.45, 7) is 1.70. The Kier molecular flexibility index (Phi) is 4.95. The van der Waals surface area contributed by atoms with Crippen LogP contribution in [0.3, 0.4) is 0 Å². The standard InChI is InChI=1S/C14H14N4O3S/c1-8-6-11(19)18-14(16-8)22-7-12(20)17-10-5-3-2-4-9(10)13(15)21/h2-6H,7H2,1H3,(H2,15,21)(H,17,20)(H,16,18,19). The number of anilines is 1. The van der Waals surface area contributed by atoms with Gasteiger partial charge in [0.2, 0.25) is 5.91 Å². The van der Waals surface area contributed by atoms with Crippen LogP contribution < -0.4 is 16.6 Å². The summed E-state index contributed by atoms with van der Waals surface area (Å²) >= 11 is 1.10. The maximum Gasteiger partial charge on any atom is 0.251 e. The number of primary amides is 1. The highest BCUT2D eigenvalue weighted by Crippen LogP contribution is 2.16. The molecular weight excluding hydrogens is 304 g/mol. The number of hydrogen-bond donors (Lipinski definition) is 3. The molecule has 0 bridgehead atoms. The van der Waals surface area contributed by atoms with Gasteiger partial charge in [-0.1, -0.05) is 23.9 Å². The Morgan fingerprint density at radius 2 is 2.09 bits per heavy atom. The van der Waals surface area contributed by atoms with Crippen LogP contribution in [0.1, 0.15) is 16.1 Å². The molecule has 0 aliphatic rings. The second kappa shape index (κ2) is 6.90. The second-order valence-corrected chi connectivity index (χ2v) is 5.40. The van der Waals surface area contributed by atoms with Crippen LogP contribution in [0.4, 0.5) is 5.69 Å². The minimum Gasteiger partial charge on any atom is -0.366 e. The molecule has 2 rings (SSSR count). The Bertz CT molecular complexity index is 773. The van der Waals surface area contributed by atoms with E-state index in [0.29, 0.717) is 16.5 Å². The van der Waals surface area contributed by atoms with Crippen LogP contribution in [0.15, 0.2) is 40.3 Å². The van der Waals surface area contributed by atoms with Gasteiger partial charge >= 0.3 is 0 Å². The molecule has 8 heteroatoms. The number of carbonyl (C=O) groups is 2. The number of benzene rings is 1. The number of nitrogens with zero attached hydrogens (tertiary/aromatic N) is 1. The van der Waals surface area contributed by atoms with Crippen LogP contribution >= 0.6 is 11.8 Å². The first-order valence-electron chi connectivity index (χ1n) is 6.35. The molecule has 0 spiro atoms. The van der Waals surface area contributed by atoms with Crippen molar-refractivity contribution in [1.82, 2.24) is 9.97 Å². The lowest BCUT2D eigenvalue weighted by Gasteiger charge is -2.08. The summed E-state index contributed by atoms with van der Waals surface area (Å²) in [4.78, 5) is 41.2. The highest BCUT2D eigenvalue weighted by Gasteiger charge is 2.11. The van der Waals surface area contributed by atoms with Crippen LogP contribution in [-0.4, -0.2) is 27.5 Å². The summed E-state index contributed by atoms with van der Waals surface area (Å²) in [5.41, 5.74) is 6.14. The first-order chi connectivity index (χ1) is 10.5. The van der Waals surface area contributed by atoms with Crippen molar-refractivity contribution in [3.05, 3.63) is 51.9 Å². The third-order valence-electron chi connectivity index (χ3n) is 2.65. The summed E-state index contributed by atoms with van der Waals surface area (Å²) in [5.74, 6) is -0.907. The lowest BCUT2D eigenvalue weighted by molar-refractivity contribution is -0.113. The molecule has 114 valence electrons. The molecule has 1 aromatic carbocycles. The van der Waals surface area contributed by atoms with Crippen molar-refractivity contribution in [1.29, 1.82) is 0 Å². The number of para-hydroxylation sites is 1. The summed E-state index contributed by atoms with van der Waals surface area (Å²) in [6, 6.07) is 7.84. The van der Waals surface area contributed by atoms with Crippen molar-refractivity contribution in [2.75, 3.05) is 11.1 Å². The molecule has 7 nitrogen and oxygen atoms in total. The molecule has 0 atom stereocenters. The molecule has 0 aliphatic carbocycles. The fourth-order valence-electron chi connectivity index (χ4n) is 1.75. The number of nitrogens with one attached hydrogen (secondary N) is 2. The minimum atomic E-state index is -0.617. The van der Waals surface area contributed by atoms with Crippen LogP contribution in [0.2, 0.25) is 0 Å². The number of thioether (sulfide) groups is 1. The van der Waals surface area contributed by atoms with E-state index in [-0.39, 0.29) is 22.8 Å². The first-order valence-corrected chi connectivity index (χ1v) is 7.33. The molecule has 0 radical (unpaired) electrons. The fourth-order valence-corrected chi connectivity index (χ4v) is 2.47. The zero-order valence-corrected chi connectivity index (χ0v) is 12.6. The quantitative estimate of drug-likeness (QED) is 0.559. The predicted molar refractivity (Wildman–Crippen MR) is 83.9 cm³/mol. The molecule has 2 aromatic rings. The molecule has 0 saturated heterocycles. The van der Waals surface area contributed by atoms with Crippen molar-refractivity contribution >= 4 is 29.3 Å².